The Kier molecular flexibility index (Phi) is 4.81. The predicted octanol–water partition coefficient (Wildman–Crippen LogP) is 4.11. The molecule has 1 saturated heterocycles. The minimum atomic E-state index is 0.188. The van der Waals surface area contributed by atoms with Gasteiger partial charge in [0.25, 0.3) is 0 Å². The topological polar surface area (TPSA) is 29.5 Å². The Balaban J connectivity index is 1.72. The molecule has 1 amide bonds. The molecule has 3 nitrogen and oxygen atoms in total. The van der Waals surface area contributed by atoms with Crippen molar-refractivity contribution in [1.82, 2.24) is 4.90 Å². The molecular formula is C19H25NO2. The molecule has 1 fully saturated rings. The third kappa shape index (κ3) is 3.18. The summed E-state index contributed by atoms with van der Waals surface area (Å²) in [5.41, 5.74) is 1.24. The summed E-state index contributed by atoms with van der Waals surface area (Å²) < 4.78 is 5.50. The lowest BCUT2D eigenvalue weighted by atomic mass is 9.92. The molecule has 2 aliphatic rings. The van der Waals surface area contributed by atoms with Crippen LogP contribution in [0.3, 0.4) is 0 Å². The second-order valence-corrected chi connectivity index (χ2v) is 6.17. The zero-order valence-electron chi connectivity index (χ0n) is 13.3. The Morgan fingerprint density at radius 3 is 2.73 bits per heavy atom. The highest BCUT2D eigenvalue weighted by Crippen LogP contribution is 2.35. The molecule has 2 atom stereocenters. The number of rotatable bonds is 4. The summed E-state index contributed by atoms with van der Waals surface area (Å²) in [6, 6.07) is 8.50. The molecule has 3 heteroatoms. The standard InChI is InChI=1S/C19H25NO2/c1-2-22-17-12-10-15(11-13-17)18-9-6-14-20(18)19(21)16-7-4-3-5-8-16/h3-4,10-13,16,18H,2,5-9,14H2,1H3/t16-,18-/m1/s1. The van der Waals surface area contributed by atoms with Crippen LogP contribution in [-0.4, -0.2) is 24.0 Å². The lowest BCUT2D eigenvalue weighted by molar-refractivity contribution is -0.136. The minimum Gasteiger partial charge on any atom is -0.494 e. The van der Waals surface area contributed by atoms with E-state index in [1.807, 2.05) is 19.1 Å². The highest BCUT2D eigenvalue weighted by Gasteiger charge is 2.33. The zero-order chi connectivity index (χ0) is 15.4. The molecule has 0 spiro atoms. The van der Waals surface area contributed by atoms with Crippen LogP contribution in [0.15, 0.2) is 36.4 Å². The maximum Gasteiger partial charge on any atom is 0.226 e. The van der Waals surface area contributed by atoms with E-state index in [1.54, 1.807) is 0 Å². The van der Waals surface area contributed by atoms with Crippen LogP contribution >= 0.6 is 0 Å². The highest BCUT2D eigenvalue weighted by molar-refractivity contribution is 5.80. The maximum atomic E-state index is 12.8. The van der Waals surface area contributed by atoms with Gasteiger partial charge in [-0.15, -0.1) is 0 Å². The number of nitrogens with zero attached hydrogens (tertiary/aromatic N) is 1. The van der Waals surface area contributed by atoms with Crippen molar-refractivity contribution in [2.24, 2.45) is 5.92 Å². The third-order valence-electron chi connectivity index (χ3n) is 4.73. The average Bonchev–Trinajstić information content (AvgIpc) is 3.05. The molecule has 1 heterocycles. The lowest BCUT2D eigenvalue weighted by Crippen LogP contribution is -2.36. The molecular weight excluding hydrogens is 274 g/mol. The highest BCUT2D eigenvalue weighted by atomic mass is 16.5. The van der Waals surface area contributed by atoms with Crippen molar-refractivity contribution in [2.75, 3.05) is 13.2 Å². The number of allylic oxidation sites excluding steroid dienone is 2. The van der Waals surface area contributed by atoms with Gasteiger partial charge in [0.15, 0.2) is 0 Å². The average molecular weight is 299 g/mol. The fourth-order valence-corrected chi connectivity index (χ4v) is 3.58. The fourth-order valence-electron chi connectivity index (χ4n) is 3.58. The van der Waals surface area contributed by atoms with Crippen LogP contribution in [0.2, 0.25) is 0 Å². The van der Waals surface area contributed by atoms with E-state index in [1.165, 1.54) is 5.56 Å². The summed E-state index contributed by atoms with van der Waals surface area (Å²) >= 11 is 0. The predicted molar refractivity (Wildman–Crippen MR) is 87.8 cm³/mol. The first kappa shape index (κ1) is 15.1. The number of benzene rings is 1. The molecule has 0 aromatic heterocycles. The maximum absolute atomic E-state index is 12.8. The van der Waals surface area contributed by atoms with Crippen LogP contribution in [0.5, 0.6) is 5.75 Å². The van der Waals surface area contributed by atoms with Crippen molar-refractivity contribution in [3.8, 4) is 5.75 Å². The fraction of sp³-hybridized carbons (Fsp3) is 0.526. The molecule has 1 aliphatic heterocycles. The van der Waals surface area contributed by atoms with E-state index in [9.17, 15) is 4.79 Å². The van der Waals surface area contributed by atoms with Crippen molar-refractivity contribution in [3.05, 3.63) is 42.0 Å². The number of carbonyl (C=O) groups is 1. The van der Waals surface area contributed by atoms with Crippen LogP contribution < -0.4 is 4.74 Å². The van der Waals surface area contributed by atoms with Gasteiger partial charge in [0.1, 0.15) is 5.75 Å². The molecule has 0 saturated carbocycles. The summed E-state index contributed by atoms with van der Waals surface area (Å²) in [6.07, 6.45) is 9.48. The lowest BCUT2D eigenvalue weighted by Gasteiger charge is -2.29. The number of hydrogen-bond acceptors (Lipinski definition) is 2. The van der Waals surface area contributed by atoms with E-state index in [4.69, 9.17) is 4.74 Å². The molecule has 1 aliphatic carbocycles. The number of likely N-dealkylation sites (tertiary alicyclic amines) is 1. The molecule has 0 radical (unpaired) electrons. The zero-order valence-corrected chi connectivity index (χ0v) is 13.3. The van der Waals surface area contributed by atoms with E-state index in [0.29, 0.717) is 12.5 Å². The van der Waals surface area contributed by atoms with Gasteiger partial charge in [-0.05, 0) is 56.7 Å². The van der Waals surface area contributed by atoms with Gasteiger partial charge >= 0.3 is 0 Å². The van der Waals surface area contributed by atoms with Crippen LogP contribution in [0, 0.1) is 5.92 Å². The Morgan fingerprint density at radius 1 is 1.23 bits per heavy atom. The van der Waals surface area contributed by atoms with Crippen molar-refractivity contribution >= 4 is 5.91 Å². The summed E-state index contributed by atoms with van der Waals surface area (Å²) in [4.78, 5) is 14.9. The Bertz CT molecular complexity index is 535. The van der Waals surface area contributed by atoms with E-state index in [2.05, 4.69) is 29.2 Å². The molecule has 22 heavy (non-hydrogen) atoms. The largest absolute Gasteiger partial charge is 0.494 e. The number of carbonyl (C=O) groups excluding carboxylic acids is 1. The van der Waals surface area contributed by atoms with Crippen molar-refractivity contribution in [1.29, 1.82) is 0 Å². The van der Waals surface area contributed by atoms with Gasteiger partial charge in [-0.25, -0.2) is 0 Å². The van der Waals surface area contributed by atoms with E-state index < -0.39 is 0 Å². The molecule has 0 unspecified atom stereocenters. The Labute approximate surface area is 133 Å². The minimum absolute atomic E-state index is 0.188. The summed E-state index contributed by atoms with van der Waals surface area (Å²) in [5, 5.41) is 0. The first-order chi connectivity index (χ1) is 10.8. The first-order valence-electron chi connectivity index (χ1n) is 8.48. The molecule has 118 valence electrons. The quantitative estimate of drug-likeness (QED) is 0.783. The van der Waals surface area contributed by atoms with Crippen LogP contribution in [0.4, 0.5) is 0 Å². The smallest absolute Gasteiger partial charge is 0.226 e. The Morgan fingerprint density at radius 2 is 2.05 bits per heavy atom. The van der Waals surface area contributed by atoms with Gasteiger partial charge in [0, 0.05) is 12.5 Å². The van der Waals surface area contributed by atoms with Crippen LogP contribution in [0.1, 0.15) is 50.6 Å². The third-order valence-corrected chi connectivity index (χ3v) is 4.73. The van der Waals surface area contributed by atoms with E-state index in [0.717, 1.165) is 44.4 Å². The number of amides is 1. The van der Waals surface area contributed by atoms with Gasteiger partial charge in [-0.1, -0.05) is 24.3 Å². The molecule has 1 aromatic rings. The second-order valence-electron chi connectivity index (χ2n) is 6.17. The van der Waals surface area contributed by atoms with Crippen molar-refractivity contribution in [2.45, 2.75) is 45.1 Å². The summed E-state index contributed by atoms with van der Waals surface area (Å²) in [5.74, 6) is 1.44. The number of hydrogen-bond donors (Lipinski definition) is 0. The molecule has 0 N–H and O–H groups in total. The van der Waals surface area contributed by atoms with Crippen molar-refractivity contribution in [3.63, 3.8) is 0 Å². The normalized spacial score (nSPS) is 24.5. The van der Waals surface area contributed by atoms with Gasteiger partial charge in [0.05, 0.1) is 12.6 Å². The van der Waals surface area contributed by atoms with Crippen LogP contribution in [0.25, 0.3) is 0 Å². The Hall–Kier alpha value is -1.77. The molecule has 1 aromatic carbocycles. The monoisotopic (exact) mass is 299 g/mol. The van der Waals surface area contributed by atoms with Gasteiger partial charge in [-0.2, -0.15) is 0 Å². The molecule has 3 rings (SSSR count). The SMILES string of the molecule is CCOc1ccc([C@H]2CCCN2C(=O)[C@@H]2CC=CCC2)cc1. The van der Waals surface area contributed by atoms with Gasteiger partial charge in [0.2, 0.25) is 5.91 Å². The van der Waals surface area contributed by atoms with Gasteiger partial charge < -0.3 is 9.64 Å². The second kappa shape index (κ2) is 6.99. The number of ether oxygens (including phenoxy) is 1. The van der Waals surface area contributed by atoms with Crippen LogP contribution in [-0.2, 0) is 4.79 Å². The summed E-state index contributed by atoms with van der Waals surface area (Å²) in [6.45, 7) is 3.57. The van der Waals surface area contributed by atoms with E-state index >= 15 is 0 Å². The van der Waals surface area contributed by atoms with E-state index in [-0.39, 0.29) is 12.0 Å². The van der Waals surface area contributed by atoms with Crippen molar-refractivity contribution < 1.29 is 9.53 Å². The molecule has 0 bridgehead atoms. The first-order valence-corrected chi connectivity index (χ1v) is 8.48. The van der Waals surface area contributed by atoms with Gasteiger partial charge in [-0.3, -0.25) is 4.79 Å². The summed E-state index contributed by atoms with van der Waals surface area (Å²) in [7, 11) is 0.